The summed E-state index contributed by atoms with van der Waals surface area (Å²) in [5, 5.41) is 9.01. The number of carbonyl (C=O) groups is 2. The zero-order valence-corrected chi connectivity index (χ0v) is 13.9. The topological polar surface area (TPSA) is 57.6 Å². The van der Waals surface area contributed by atoms with Gasteiger partial charge in [-0.25, -0.2) is 0 Å². The van der Waals surface area contributed by atoms with Gasteiger partial charge in [0, 0.05) is 18.3 Å². The molecule has 1 aromatic carbocycles. The third-order valence-corrected chi connectivity index (χ3v) is 5.41. The van der Waals surface area contributed by atoms with Crippen LogP contribution in [-0.2, 0) is 15.3 Å². The lowest BCUT2D eigenvalue weighted by atomic mass is 9.93. The molecule has 2 rings (SSSR count). The zero-order chi connectivity index (χ0) is 16.1. The number of carboxylic acid groups (broad SMARTS) is 1. The monoisotopic (exact) mass is 321 g/mol. The second-order valence-electron chi connectivity index (χ2n) is 5.89. The Kier molecular flexibility index (Phi) is 5.89. The first kappa shape index (κ1) is 16.9. The summed E-state index contributed by atoms with van der Waals surface area (Å²) in [6.45, 7) is 4.25. The van der Waals surface area contributed by atoms with E-state index in [1.54, 1.807) is 16.7 Å². The van der Waals surface area contributed by atoms with E-state index in [0.29, 0.717) is 13.0 Å². The molecule has 5 heteroatoms. The van der Waals surface area contributed by atoms with Crippen molar-refractivity contribution in [1.29, 1.82) is 0 Å². The summed E-state index contributed by atoms with van der Waals surface area (Å²) in [5.41, 5.74) is 1.20. The molecule has 1 aliphatic rings. The fraction of sp³-hybridized carbons (Fsp3) is 0.529. The number of hydrogen-bond acceptors (Lipinski definition) is 3. The maximum atomic E-state index is 12.6. The molecule has 3 atom stereocenters. The molecule has 1 heterocycles. The van der Waals surface area contributed by atoms with E-state index in [2.05, 4.69) is 0 Å². The SMILES string of the molecule is CC(SCc1ccccc1)C(=O)N1CC(C(=O)O)CCC1C. The van der Waals surface area contributed by atoms with Gasteiger partial charge in [0.05, 0.1) is 11.2 Å². The van der Waals surface area contributed by atoms with Gasteiger partial charge in [-0.15, -0.1) is 11.8 Å². The van der Waals surface area contributed by atoms with Gasteiger partial charge in [0.15, 0.2) is 0 Å². The summed E-state index contributed by atoms with van der Waals surface area (Å²) >= 11 is 1.60. The van der Waals surface area contributed by atoms with E-state index in [0.717, 1.165) is 12.2 Å². The van der Waals surface area contributed by atoms with Crippen molar-refractivity contribution in [3.05, 3.63) is 35.9 Å². The van der Waals surface area contributed by atoms with Crippen LogP contribution in [0.3, 0.4) is 0 Å². The van der Waals surface area contributed by atoms with Crippen molar-refractivity contribution in [2.75, 3.05) is 6.54 Å². The Hall–Kier alpha value is -1.49. The molecule has 1 fully saturated rings. The summed E-state index contributed by atoms with van der Waals surface area (Å²) in [4.78, 5) is 25.5. The third-order valence-electron chi connectivity index (χ3n) is 4.20. The van der Waals surface area contributed by atoms with Crippen LogP contribution in [0.15, 0.2) is 30.3 Å². The van der Waals surface area contributed by atoms with Crippen molar-refractivity contribution < 1.29 is 14.7 Å². The lowest BCUT2D eigenvalue weighted by Gasteiger charge is -2.37. The Balaban J connectivity index is 1.92. The third kappa shape index (κ3) is 4.26. The molecule has 4 nitrogen and oxygen atoms in total. The van der Waals surface area contributed by atoms with Crippen LogP contribution < -0.4 is 0 Å². The highest BCUT2D eigenvalue weighted by Crippen LogP contribution is 2.26. The number of aliphatic carboxylic acids is 1. The summed E-state index contributed by atoms with van der Waals surface area (Å²) in [6, 6.07) is 10.2. The van der Waals surface area contributed by atoms with Crippen LogP contribution >= 0.6 is 11.8 Å². The average molecular weight is 321 g/mol. The van der Waals surface area contributed by atoms with Crippen LogP contribution in [0.2, 0.25) is 0 Å². The number of piperidine rings is 1. The number of carbonyl (C=O) groups excluding carboxylic acids is 1. The van der Waals surface area contributed by atoms with Crippen molar-refractivity contribution in [3.8, 4) is 0 Å². The molecular weight excluding hydrogens is 298 g/mol. The standard InChI is InChI=1S/C17H23NO3S/c1-12-8-9-15(17(20)21)10-18(12)16(19)13(2)22-11-14-6-4-3-5-7-14/h3-7,12-13,15H,8-11H2,1-2H3,(H,20,21). The fourth-order valence-electron chi connectivity index (χ4n) is 2.72. The van der Waals surface area contributed by atoms with Crippen LogP contribution in [0.25, 0.3) is 0 Å². The first-order valence-corrected chi connectivity index (χ1v) is 8.72. The number of likely N-dealkylation sites (tertiary alicyclic amines) is 1. The molecule has 0 spiro atoms. The Morgan fingerprint density at radius 2 is 2.00 bits per heavy atom. The van der Waals surface area contributed by atoms with E-state index in [4.69, 9.17) is 0 Å². The minimum atomic E-state index is -0.797. The van der Waals surface area contributed by atoms with Gasteiger partial charge in [-0.2, -0.15) is 0 Å². The van der Waals surface area contributed by atoms with E-state index < -0.39 is 11.9 Å². The van der Waals surface area contributed by atoms with Crippen molar-refractivity contribution in [3.63, 3.8) is 0 Å². The van der Waals surface area contributed by atoms with E-state index >= 15 is 0 Å². The van der Waals surface area contributed by atoms with Gasteiger partial charge in [-0.1, -0.05) is 30.3 Å². The molecule has 1 saturated heterocycles. The Morgan fingerprint density at radius 3 is 2.64 bits per heavy atom. The minimum absolute atomic E-state index is 0.0550. The van der Waals surface area contributed by atoms with Crippen molar-refractivity contribution in [1.82, 2.24) is 4.90 Å². The minimum Gasteiger partial charge on any atom is -0.481 e. The van der Waals surface area contributed by atoms with E-state index in [1.807, 2.05) is 44.2 Å². The molecule has 22 heavy (non-hydrogen) atoms. The molecule has 1 aromatic rings. The maximum absolute atomic E-state index is 12.6. The van der Waals surface area contributed by atoms with Gasteiger partial charge in [-0.3, -0.25) is 9.59 Å². The Labute approximate surface area is 135 Å². The zero-order valence-electron chi connectivity index (χ0n) is 13.1. The van der Waals surface area contributed by atoms with Crippen LogP contribution in [0.4, 0.5) is 0 Å². The molecule has 1 amide bonds. The maximum Gasteiger partial charge on any atom is 0.308 e. The Morgan fingerprint density at radius 1 is 1.32 bits per heavy atom. The van der Waals surface area contributed by atoms with Gasteiger partial charge in [0.25, 0.3) is 0 Å². The van der Waals surface area contributed by atoms with E-state index in [-0.39, 0.29) is 17.2 Å². The van der Waals surface area contributed by atoms with Crippen molar-refractivity contribution >= 4 is 23.6 Å². The van der Waals surface area contributed by atoms with Crippen molar-refractivity contribution in [2.24, 2.45) is 5.92 Å². The van der Waals surface area contributed by atoms with Gasteiger partial charge in [0.1, 0.15) is 0 Å². The molecule has 0 bridgehead atoms. The van der Waals surface area contributed by atoms with E-state index in [1.165, 1.54) is 5.56 Å². The van der Waals surface area contributed by atoms with Crippen LogP contribution in [0.5, 0.6) is 0 Å². The first-order chi connectivity index (χ1) is 10.5. The average Bonchev–Trinajstić information content (AvgIpc) is 2.53. The predicted molar refractivity (Wildman–Crippen MR) is 88.7 cm³/mol. The summed E-state index contributed by atoms with van der Waals surface area (Å²) in [6.07, 6.45) is 1.42. The van der Waals surface area contributed by atoms with Crippen LogP contribution in [0.1, 0.15) is 32.3 Å². The number of amides is 1. The first-order valence-electron chi connectivity index (χ1n) is 7.68. The largest absolute Gasteiger partial charge is 0.481 e. The summed E-state index contributed by atoms with van der Waals surface area (Å²) in [5.74, 6) is -0.377. The highest BCUT2D eigenvalue weighted by atomic mass is 32.2. The predicted octanol–water partition coefficient (Wildman–Crippen LogP) is 3.02. The number of benzene rings is 1. The van der Waals surface area contributed by atoms with Gasteiger partial charge >= 0.3 is 5.97 Å². The van der Waals surface area contributed by atoms with E-state index in [9.17, 15) is 14.7 Å². The summed E-state index contributed by atoms with van der Waals surface area (Å²) in [7, 11) is 0. The van der Waals surface area contributed by atoms with Crippen molar-refractivity contribution in [2.45, 2.75) is 43.7 Å². The molecule has 0 saturated carbocycles. The number of hydrogen-bond donors (Lipinski definition) is 1. The number of thioether (sulfide) groups is 1. The highest BCUT2D eigenvalue weighted by Gasteiger charge is 2.34. The van der Waals surface area contributed by atoms with Gasteiger partial charge < -0.3 is 10.0 Å². The molecular formula is C17H23NO3S. The molecule has 120 valence electrons. The van der Waals surface area contributed by atoms with Crippen LogP contribution in [-0.4, -0.2) is 39.7 Å². The fourth-order valence-corrected chi connectivity index (χ4v) is 3.63. The second kappa shape index (κ2) is 7.68. The number of rotatable bonds is 5. The van der Waals surface area contributed by atoms with Crippen LogP contribution in [0, 0.1) is 5.92 Å². The second-order valence-corrected chi connectivity index (χ2v) is 7.22. The molecule has 0 radical (unpaired) electrons. The van der Waals surface area contributed by atoms with Gasteiger partial charge in [0.2, 0.25) is 5.91 Å². The lowest BCUT2D eigenvalue weighted by molar-refractivity contribution is -0.146. The molecule has 3 unspecified atom stereocenters. The molecule has 0 aromatic heterocycles. The Bertz CT molecular complexity index is 520. The molecule has 1 aliphatic heterocycles. The highest BCUT2D eigenvalue weighted by molar-refractivity contribution is 7.99. The summed E-state index contributed by atoms with van der Waals surface area (Å²) < 4.78 is 0. The molecule has 0 aliphatic carbocycles. The normalized spacial score (nSPS) is 23.1. The lowest BCUT2D eigenvalue weighted by Crippen LogP contribution is -2.49. The molecule has 1 N–H and O–H groups in total. The smallest absolute Gasteiger partial charge is 0.308 e. The quantitative estimate of drug-likeness (QED) is 0.905. The number of nitrogens with zero attached hydrogens (tertiary/aromatic N) is 1. The van der Waals surface area contributed by atoms with Gasteiger partial charge in [-0.05, 0) is 32.3 Å². The number of carboxylic acids is 1.